The van der Waals surface area contributed by atoms with E-state index in [4.69, 9.17) is 0 Å². The average Bonchev–Trinajstić information content (AvgIpc) is 2.61. The van der Waals surface area contributed by atoms with E-state index in [-0.39, 0.29) is 0 Å². The quantitative estimate of drug-likeness (QED) is 0.580. The molecule has 1 saturated carbocycles. The second-order valence-electron chi connectivity index (χ2n) is 5.00. The summed E-state index contributed by atoms with van der Waals surface area (Å²) in [6, 6.07) is 0. The Bertz CT molecular complexity index is 166. The van der Waals surface area contributed by atoms with Crippen molar-refractivity contribution in [3.63, 3.8) is 0 Å². The summed E-state index contributed by atoms with van der Waals surface area (Å²) in [5.41, 5.74) is 0.759. The van der Waals surface area contributed by atoms with Crippen molar-refractivity contribution in [2.45, 2.75) is 39.0 Å². The molecule has 70 valence electrons. The molecule has 0 bridgehead atoms. The van der Waals surface area contributed by atoms with Gasteiger partial charge in [-0.05, 0) is 50.6 Å². The van der Waals surface area contributed by atoms with Crippen molar-refractivity contribution in [1.82, 2.24) is 4.90 Å². The van der Waals surface area contributed by atoms with Gasteiger partial charge in [-0.3, -0.25) is 0 Å². The standard InChI is InChI=1S/C11H21N/c1-3-10-4-5-11(8-10)6-7-12(2)9-11/h10H,3-9H2,1-2H3. The van der Waals surface area contributed by atoms with Crippen molar-refractivity contribution in [3.05, 3.63) is 0 Å². The Balaban J connectivity index is 1.97. The van der Waals surface area contributed by atoms with Gasteiger partial charge in [-0.2, -0.15) is 0 Å². The van der Waals surface area contributed by atoms with E-state index in [9.17, 15) is 0 Å². The van der Waals surface area contributed by atoms with Gasteiger partial charge in [0.05, 0.1) is 0 Å². The first-order valence-electron chi connectivity index (χ1n) is 5.43. The van der Waals surface area contributed by atoms with Gasteiger partial charge >= 0.3 is 0 Å². The summed E-state index contributed by atoms with van der Waals surface area (Å²) in [4.78, 5) is 2.51. The minimum atomic E-state index is 0.759. The van der Waals surface area contributed by atoms with Crippen LogP contribution in [0.15, 0.2) is 0 Å². The van der Waals surface area contributed by atoms with Gasteiger partial charge < -0.3 is 4.90 Å². The van der Waals surface area contributed by atoms with Gasteiger partial charge in [-0.1, -0.05) is 13.3 Å². The van der Waals surface area contributed by atoms with Crippen LogP contribution in [-0.4, -0.2) is 25.0 Å². The Morgan fingerprint density at radius 3 is 2.75 bits per heavy atom. The van der Waals surface area contributed by atoms with Crippen LogP contribution in [0.1, 0.15) is 39.0 Å². The molecule has 2 atom stereocenters. The van der Waals surface area contributed by atoms with Crippen molar-refractivity contribution < 1.29 is 0 Å². The third kappa shape index (κ3) is 1.39. The van der Waals surface area contributed by atoms with E-state index in [0.717, 1.165) is 11.3 Å². The first-order chi connectivity index (χ1) is 5.74. The number of nitrogens with zero attached hydrogens (tertiary/aromatic N) is 1. The SMILES string of the molecule is CCC1CCC2(CCN(C)C2)C1. The molecule has 1 saturated heterocycles. The van der Waals surface area contributed by atoms with Crippen LogP contribution in [0, 0.1) is 11.3 Å². The molecular weight excluding hydrogens is 146 g/mol. The molecule has 2 fully saturated rings. The molecule has 1 spiro atoms. The number of likely N-dealkylation sites (tertiary alicyclic amines) is 1. The van der Waals surface area contributed by atoms with Crippen LogP contribution in [-0.2, 0) is 0 Å². The zero-order valence-corrected chi connectivity index (χ0v) is 8.47. The lowest BCUT2D eigenvalue weighted by Gasteiger charge is -2.22. The van der Waals surface area contributed by atoms with Crippen LogP contribution >= 0.6 is 0 Å². The largest absolute Gasteiger partial charge is 0.306 e. The summed E-state index contributed by atoms with van der Waals surface area (Å²) >= 11 is 0. The summed E-state index contributed by atoms with van der Waals surface area (Å²) in [5.74, 6) is 1.05. The third-order valence-corrected chi connectivity index (χ3v) is 4.01. The minimum Gasteiger partial charge on any atom is -0.306 e. The molecule has 2 rings (SSSR count). The smallest absolute Gasteiger partial charge is 0.00355 e. The van der Waals surface area contributed by atoms with Gasteiger partial charge in [0.25, 0.3) is 0 Å². The molecule has 0 radical (unpaired) electrons. The zero-order chi connectivity index (χ0) is 8.60. The molecule has 0 aromatic carbocycles. The highest BCUT2D eigenvalue weighted by molar-refractivity contribution is 4.94. The maximum atomic E-state index is 2.51. The van der Waals surface area contributed by atoms with Crippen LogP contribution in [0.4, 0.5) is 0 Å². The minimum absolute atomic E-state index is 0.759. The summed E-state index contributed by atoms with van der Waals surface area (Å²) in [5, 5.41) is 0. The van der Waals surface area contributed by atoms with Crippen molar-refractivity contribution >= 4 is 0 Å². The second kappa shape index (κ2) is 3.02. The third-order valence-electron chi connectivity index (χ3n) is 4.01. The Morgan fingerprint density at radius 2 is 2.25 bits per heavy atom. The molecule has 0 amide bonds. The van der Waals surface area contributed by atoms with Gasteiger partial charge in [0, 0.05) is 6.54 Å². The predicted molar refractivity (Wildman–Crippen MR) is 52.2 cm³/mol. The fourth-order valence-electron chi connectivity index (χ4n) is 3.20. The van der Waals surface area contributed by atoms with E-state index in [1.165, 1.54) is 45.2 Å². The number of hydrogen-bond acceptors (Lipinski definition) is 1. The van der Waals surface area contributed by atoms with Crippen LogP contribution < -0.4 is 0 Å². The normalized spacial score (nSPS) is 43.0. The van der Waals surface area contributed by atoms with E-state index in [1.54, 1.807) is 0 Å². The van der Waals surface area contributed by atoms with Crippen LogP contribution in [0.5, 0.6) is 0 Å². The Kier molecular flexibility index (Phi) is 2.16. The van der Waals surface area contributed by atoms with Gasteiger partial charge in [0.2, 0.25) is 0 Å². The first-order valence-corrected chi connectivity index (χ1v) is 5.43. The Hall–Kier alpha value is -0.0400. The summed E-state index contributed by atoms with van der Waals surface area (Å²) in [6.45, 7) is 5.07. The van der Waals surface area contributed by atoms with Crippen LogP contribution in [0.3, 0.4) is 0 Å². The highest BCUT2D eigenvalue weighted by atomic mass is 15.1. The molecule has 1 nitrogen and oxygen atoms in total. The van der Waals surface area contributed by atoms with Crippen LogP contribution in [0.25, 0.3) is 0 Å². The highest BCUT2D eigenvalue weighted by Crippen LogP contribution is 2.48. The van der Waals surface area contributed by atoms with Gasteiger partial charge in [-0.25, -0.2) is 0 Å². The van der Waals surface area contributed by atoms with Crippen molar-refractivity contribution in [2.75, 3.05) is 20.1 Å². The molecule has 2 unspecified atom stereocenters. The fourth-order valence-corrected chi connectivity index (χ4v) is 3.20. The maximum Gasteiger partial charge on any atom is 0.00355 e. The molecule has 0 N–H and O–H groups in total. The zero-order valence-electron chi connectivity index (χ0n) is 8.47. The molecule has 1 aliphatic carbocycles. The lowest BCUT2D eigenvalue weighted by atomic mass is 9.84. The molecular formula is C11H21N. The summed E-state index contributed by atoms with van der Waals surface area (Å²) in [7, 11) is 2.27. The molecule has 0 aromatic heterocycles. The van der Waals surface area contributed by atoms with E-state index >= 15 is 0 Å². The molecule has 1 heterocycles. The molecule has 2 aliphatic rings. The highest BCUT2D eigenvalue weighted by Gasteiger charge is 2.42. The summed E-state index contributed by atoms with van der Waals surface area (Å²) < 4.78 is 0. The fraction of sp³-hybridized carbons (Fsp3) is 1.00. The van der Waals surface area contributed by atoms with Gasteiger partial charge in [0.15, 0.2) is 0 Å². The molecule has 1 aliphatic heterocycles. The molecule has 1 heteroatoms. The first kappa shape index (κ1) is 8.55. The van der Waals surface area contributed by atoms with E-state index < -0.39 is 0 Å². The average molecular weight is 167 g/mol. The van der Waals surface area contributed by atoms with Crippen molar-refractivity contribution in [3.8, 4) is 0 Å². The van der Waals surface area contributed by atoms with Crippen LogP contribution in [0.2, 0.25) is 0 Å². The lowest BCUT2D eigenvalue weighted by Crippen LogP contribution is -2.22. The molecule has 0 aromatic rings. The van der Waals surface area contributed by atoms with Crippen molar-refractivity contribution in [2.24, 2.45) is 11.3 Å². The number of rotatable bonds is 1. The van der Waals surface area contributed by atoms with Crippen molar-refractivity contribution in [1.29, 1.82) is 0 Å². The Labute approximate surface area is 76.1 Å². The topological polar surface area (TPSA) is 3.24 Å². The summed E-state index contributed by atoms with van der Waals surface area (Å²) in [6.07, 6.45) is 7.42. The van der Waals surface area contributed by atoms with Gasteiger partial charge in [0.1, 0.15) is 0 Å². The lowest BCUT2D eigenvalue weighted by molar-refractivity contribution is 0.277. The van der Waals surface area contributed by atoms with E-state index in [2.05, 4.69) is 18.9 Å². The van der Waals surface area contributed by atoms with E-state index in [1.807, 2.05) is 0 Å². The number of hydrogen-bond donors (Lipinski definition) is 0. The van der Waals surface area contributed by atoms with Gasteiger partial charge in [-0.15, -0.1) is 0 Å². The predicted octanol–water partition coefficient (Wildman–Crippen LogP) is 2.52. The maximum absolute atomic E-state index is 2.51. The Morgan fingerprint density at radius 1 is 1.42 bits per heavy atom. The second-order valence-corrected chi connectivity index (χ2v) is 5.00. The monoisotopic (exact) mass is 167 g/mol. The van der Waals surface area contributed by atoms with E-state index in [0.29, 0.717) is 0 Å². The molecule has 12 heavy (non-hydrogen) atoms.